The van der Waals surface area contributed by atoms with Gasteiger partial charge in [0.25, 0.3) is 16.0 Å². The van der Waals surface area contributed by atoms with E-state index in [0.29, 0.717) is 27.1 Å². The molecule has 0 saturated carbocycles. The molecule has 4 aromatic rings. The maximum absolute atomic E-state index is 13.4. The summed E-state index contributed by atoms with van der Waals surface area (Å²) in [5.41, 5.74) is 0.270. The SMILES string of the molecule is COc1ccc(Cl)cc1NC(=O)c1cc2ccccc2c(N=Nc2cc(C)c(Cl)c(S(=O)(=O)O)c2)c1[O-].[Na+]. The van der Waals surface area contributed by atoms with Crippen LogP contribution in [0.2, 0.25) is 10.0 Å². The zero-order valence-corrected chi connectivity index (χ0v) is 24.6. The monoisotopic (exact) mass is 581 g/mol. The molecule has 38 heavy (non-hydrogen) atoms. The van der Waals surface area contributed by atoms with Crippen molar-refractivity contribution in [1.82, 2.24) is 0 Å². The molecule has 0 atom stereocenters. The first kappa shape index (κ1) is 29.9. The molecule has 0 bridgehead atoms. The number of ether oxygens (including phenoxy) is 1. The third-order valence-electron chi connectivity index (χ3n) is 5.38. The average Bonchev–Trinajstić information content (AvgIpc) is 2.84. The molecular weight excluding hydrogens is 564 g/mol. The first-order valence-corrected chi connectivity index (χ1v) is 12.8. The van der Waals surface area contributed by atoms with E-state index in [1.54, 1.807) is 36.4 Å². The Balaban J connectivity index is 0.00000400. The summed E-state index contributed by atoms with van der Waals surface area (Å²) in [7, 11) is -3.20. The van der Waals surface area contributed by atoms with Gasteiger partial charge in [0.15, 0.2) is 0 Å². The minimum Gasteiger partial charge on any atom is -0.870 e. The third-order valence-corrected chi connectivity index (χ3v) is 7.11. The Morgan fingerprint density at radius 2 is 1.76 bits per heavy atom. The van der Waals surface area contributed by atoms with E-state index in [0.717, 1.165) is 6.07 Å². The normalized spacial score (nSPS) is 11.4. The van der Waals surface area contributed by atoms with E-state index in [9.17, 15) is 22.9 Å². The van der Waals surface area contributed by atoms with Gasteiger partial charge in [-0.15, -0.1) is 0 Å². The Labute approximate surface area is 250 Å². The second-order valence-electron chi connectivity index (χ2n) is 7.87. The van der Waals surface area contributed by atoms with E-state index in [1.807, 2.05) is 0 Å². The first-order chi connectivity index (χ1) is 17.5. The number of nitrogens with one attached hydrogen (secondary N) is 1. The Morgan fingerprint density at radius 3 is 2.45 bits per heavy atom. The van der Waals surface area contributed by atoms with Gasteiger partial charge in [-0.3, -0.25) is 9.35 Å². The molecule has 0 spiro atoms. The standard InChI is InChI=1S/C25H19Cl2N3O6S.Na/c1-13-9-16(12-21(22(13)27)37(33,34)35)29-30-23-17-6-4-3-5-14(17)10-18(24(23)31)25(32)28-19-11-15(26)7-8-20(19)36-2;/h3-12,31H,1-2H3,(H,28,32)(H,33,34,35);/q;+1/p-1. The van der Waals surface area contributed by atoms with Gasteiger partial charge in [0.1, 0.15) is 10.6 Å². The Morgan fingerprint density at radius 1 is 1.05 bits per heavy atom. The summed E-state index contributed by atoms with van der Waals surface area (Å²) >= 11 is 12.0. The van der Waals surface area contributed by atoms with Crippen LogP contribution in [0.5, 0.6) is 11.5 Å². The number of hydrogen-bond acceptors (Lipinski definition) is 7. The van der Waals surface area contributed by atoms with Crippen molar-refractivity contribution in [3.05, 3.63) is 81.8 Å². The number of amides is 1. The second kappa shape index (κ2) is 12.0. The van der Waals surface area contributed by atoms with Crippen LogP contribution in [-0.4, -0.2) is 26.0 Å². The van der Waals surface area contributed by atoms with Gasteiger partial charge in [0.05, 0.1) is 29.2 Å². The number of benzene rings is 4. The predicted molar refractivity (Wildman–Crippen MR) is 140 cm³/mol. The molecule has 4 aromatic carbocycles. The zero-order valence-electron chi connectivity index (χ0n) is 20.3. The molecule has 9 nitrogen and oxygen atoms in total. The molecule has 4 rings (SSSR count). The van der Waals surface area contributed by atoms with E-state index in [2.05, 4.69) is 15.5 Å². The molecule has 0 radical (unpaired) electrons. The van der Waals surface area contributed by atoms with E-state index in [1.165, 1.54) is 32.2 Å². The number of fused-ring (bicyclic) bond motifs is 1. The molecule has 1 amide bonds. The molecule has 0 saturated heterocycles. The topological polar surface area (TPSA) is 140 Å². The number of halogens is 2. The van der Waals surface area contributed by atoms with Crippen molar-refractivity contribution in [3.63, 3.8) is 0 Å². The van der Waals surface area contributed by atoms with Crippen LogP contribution < -0.4 is 44.7 Å². The second-order valence-corrected chi connectivity index (χ2v) is 10.1. The van der Waals surface area contributed by atoms with Crippen LogP contribution >= 0.6 is 23.2 Å². The number of azo groups is 1. The van der Waals surface area contributed by atoms with E-state index in [-0.39, 0.29) is 57.2 Å². The molecule has 13 heteroatoms. The van der Waals surface area contributed by atoms with Crippen molar-refractivity contribution in [2.75, 3.05) is 12.4 Å². The van der Waals surface area contributed by atoms with Gasteiger partial charge in [0.2, 0.25) is 0 Å². The fraction of sp³-hybridized carbons (Fsp3) is 0.0800. The summed E-state index contributed by atoms with van der Waals surface area (Å²) in [4.78, 5) is 12.6. The molecule has 0 aliphatic heterocycles. The van der Waals surface area contributed by atoms with Crippen molar-refractivity contribution in [1.29, 1.82) is 0 Å². The molecule has 0 fully saturated rings. The summed E-state index contributed by atoms with van der Waals surface area (Å²) < 4.78 is 38.1. The fourth-order valence-corrected chi connectivity index (χ4v) is 4.85. The number of carbonyl (C=O) groups is 1. The van der Waals surface area contributed by atoms with Gasteiger partial charge in [-0.1, -0.05) is 53.2 Å². The molecule has 0 aliphatic carbocycles. The van der Waals surface area contributed by atoms with Crippen LogP contribution in [0.25, 0.3) is 10.8 Å². The van der Waals surface area contributed by atoms with E-state index >= 15 is 0 Å². The Bertz CT molecular complexity index is 1700. The minimum absolute atomic E-state index is 0. The van der Waals surface area contributed by atoms with E-state index < -0.39 is 26.7 Å². The summed E-state index contributed by atoms with van der Waals surface area (Å²) in [5, 5.41) is 25.2. The molecule has 0 aliphatic rings. The minimum atomic E-state index is -4.63. The smallest absolute Gasteiger partial charge is 0.870 e. The fourth-order valence-electron chi connectivity index (χ4n) is 3.62. The van der Waals surface area contributed by atoms with Crippen LogP contribution in [-0.2, 0) is 10.1 Å². The van der Waals surface area contributed by atoms with Crippen LogP contribution in [0, 0.1) is 6.92 Å². The molecule has 0 aromatic heterocycles. The van der Waals surface area contributed by atoms with Crippen molar-refractivity contribution in [2.45, 2.75) is 11.8 Å². The van der Waals surface area contributed by atoms with Gasteiger partial charge < -0.3 is 15.2 Å². The van der Waals surface area contributed by atoms with Gasteiger partial charge in [-0.05, 0) is 54.3 Å². The summed E-state index contributed by atoms with van der Waals surface area (Å²) in [6.45, 7) is 1.53. The van der Waals surface area contributed by atoms with Crippen molar-refractivity contribution < 1.29 is 57.2 Å². The maximum atomic E-state index is 13.4. The Kier molecular flexibility index (Phi) is 9.43. The summed E-state index contributed by atoms with van der Waals surface area (Å²) in [6.07, 6.45) is 0. The number of hydrogen-bond donors (Lipinski definition) is 2. The van der Waals surface area contributed by atoms with Crippen LogP contribution in [0.3, 0.4) is 0 Å². The predicted octanol–water partition coefficient (Wildman–Crippen LogP) is 3.46. The van der Waals surface area contributed by atoms with Gasteiger partial charge in [0, 0.05) is 16.0 Å². The molecule has 190 valence electrons. The zero-order chi connectivity index (χ0) is 26.9. The summed E-state index contributed by atoms with van der Waals surface area (Å²) in [6, 6.07) is 15.3. The van der Waals surface area contributed by atoms with Crippen LogP contribution in [0.15, 0.2) is 75.8 Å². The maximum Gasteiger partial charge on any atom is 1.00 e. The number of rotatable bonds is 6. The van der Waals surface area contributed by atoms with E-state index in [4.69, 9.17) is 27.9 Å². The number of anilines is 1. The summed E-state index contributed by atoms with van der Waals surface area (Å²) in [5.74, 6) is -1.08. The van der Waals surface area contributed by atoms with Gasteiger partial charge in [-0.2, -0.15) is 18.6 Å². The quantitative estimate of drug-likeness (QED) is 0.203. The number of aryl methyl sites for hydroxylation is 1. The van der Waals surface area contributed by atoms with Crippen molar-refractivity contribution in [3.8, 4) is 11.5 Å². The van der Waals surface area contributed by atoms with Crippen LogP contribution in [0.1, 0.15) is 15.9 Å². The number of carbonyl (C=O) groups excluding carboxylic acids is 1. The molecule has 0 unspecified atom stereocenters. The number of nitrogens with zero attached hydrogens (tertiary/aromatic N) is 2. The Hall–Kier alpha value is -2.70. The van der Waals surface area contributed by atoms with Crippen LogP contribution in [0.4, 0.5) is 17.1 Å². The van der Waals surface area contributed by atoms with Crippen molar-refractivity contribution in [2.24, 2.45) is 10.2 Å². The van der Waals surface area contributed by atoms with Gasteiger partial charge >= 0.3 is 29.6 Å². The van der Waals surface area contributed by atoms with Gasteiger partial charge in [-0.25, -0.2) is 0 Å². The third kappa shape index (κ3) is 6.29. The molecule has 0 heterocycles. The van der Waals surface area contributed by atoms with Crippen molar-refractivity contribution >= 4 is 67.1 Å². The first-order valence-electron chi connectivity index (χ1n) is 10.6. The number of methoxy groups -OCH3 is 1. The average molecular weight is 582 g/mol. The molecule has 2 N–H and O–H groups in total. The molecular formula is C25H18Cl2N3NaO6S. The largest absolute Gasteiger partial charge is 1.00 e.